The molecular weight excluding hydrogens is 162 g/mol. The maximum Gasteiger partial charge on any atom is 0.00937 e. The highest BCUT2D eigenvalue weighted by molar-refractivity contribution is 4.77. The van der Waals surface area contributed by atoms with Crippen LogP contribution in [0.25, 0.3) is 0 Å². The van der Waals surface area contributed by atoms with Gasteiger partial charge in [0, 0.05) is 12.1 Å². The van der Waals surface area contributed by atoms with E-state index in [2.05, 4.69) is 22.9 Å². The number of hydrogen-bond donors (Lipinski definition) is 3. The van der Waals surface area contributed by atoms with Crippen LogP contribution in [-0.4, -0.2) is 38.8 Å². The van der Waals surface area contributed by atoms with Crippen molar-refractivity contribution in [1.82, 2.24) is 16.0 Å². The van der Waals surface area contributed by atoms with E-state index in [1.54, 1.807) is 0 Å². The van der Waals surface area contributed by atoms with Gasteiger partial charge in [-0.15, -0.1) is 0 Å². The van der Waals surface area contributed by atoms with Crippen molar-refractivity contribution < 1.29 is 0 Å². The molecule has 1 rings (SSSR count). The van der Waals surface area contributed by atoms with Gasteiger partial charge in [-0.3, -0.25) is 0 Å². The van der Waals surface area contributed by atoms with Crippen molar-refractivity contribution in [2.75, 3.05) is 26.7 Å². The lowest BCUT2D eigenvalue weighted by molar-refractivity contribution is 0.347. The van der Waals surface area contributed by atoms with Gasteiger partial charge in [-0.25, -0.2) is 0 Å². The average molecular weight is 185 g/mol. The van der Waals surface area contributed by atoms with E-state index in [0.29, 0.717) is 6.04 Å². The second-order valence-electron chi connectivity index (χ2n) is 3.98. The minimum Gasteiger partial charge on any atom is -0.320 e. The van der Waals surface area contributed by atoms with Crippen molar-refractivity contribution in [3.63, 3.8) is 0 Å². The zero-order valence-electron chi connectivity index (χ0n) is 8.90. The van der Waals surface area contributed by atoms with Crippen LogP contribution in [-0.2, 0) is 0 Å². The van der Waals surface area contributed by atoms with Crippen molar-refractivity contribution in [2.24, 2.45) is 0 Å². The molecule has 0 amide bonds. The number of nitrogens with one attached hydrogen (secondary N) is 3. The Labute approximate surface area is 81.7 Å². The van der Waals surface area contributed by atoms with Gasteiger partial charge in [-0.1, -0.05) is 0 Å². The van der Waals surface area contributed by atoms with Gasteiger partial charge in [0.1, 0.15) is 0 Å². The van der Waals surface area contributed by atoms with Crippen LogP contribution in [0.15, 0.2) is 0 Å². The van der Waals surface area contributed by atoms with E-state index >= 15 is 0 Å². The Morgan fingerprint density at radius 3 is 2.69 bits per heavy atom. The summed E-state index contributed by atoms with van der Waals surface area (Å²) in [6, 6.07) is 1.39. The summed E-state index contributed by atoms with van der Waals surface area (Å²) < 4.78 is 0. The van der Waals surface area contributed by atoms with Gasteiger partial charge in [0.25, 0.3) is 0 Å². The standard InChI is InChI=1S/C10H23N3/c1-9(3-6-11-2)13-10-4-7-12-8-5-10/h9-13H,3-8H2,1-2H3. The molecule has 1 fully saturated rings. The van der Waals surface area contributed by atoms with Gasteiger partial charge < -0.3 is 16.0 Å². The molecule has 3 nitrogen and oxygen atoms in total. The van der Waals surface area contributed by atoms with Crippen molar-refractivity contribution in [3.05, 3.63) is 0 Å². The summed E-state index contributed by atoms with van der Waals surface area (Å²) in [6.45, 7) is 5.74. The van der Waals surface area contributed by atoms with Gasteiger partial charge in [0.05, 0.1) is 0 Å². The predicted molar refractivity (Wildman–Crippen MR) is 57.0 cm³/mol. The fourth-order valence-corrected chi connectivity index (χ4v) is 1.84. The van der Waals surface area contributed by atoms with Gasteiger partial charge in [0.15, 0.2) is 0 Å². The van der Waals surface area contributed by atoms with Gasteiger partial charge >= 0.3 is 0 Å². The summed E-state index contributed by atoms with van der Waals surface area (Å²) in [4.78, 5) is 0. The van der Waals surface area contributed by atoms with E-state index in [1.165, 1.54) is 32.4 Å². The molecule has 78 valence electrons. The molecule has 0 aliphatic carbocycles. The molecule has 1 aliphatic rings. The monoisotopic (exact) mass is 185 g/mol. The Kier molecular flexibility index (Phi) is 5.35. The van der Waals surface area contributed by atoms with Crippen LogP contribution in [0.5, 0.6) is 0 Å². The second-order valence-corrected chi connectivity index (χ2v) is 3.98. The van der Waals surface area contributed by atoms with Gasteiger partial charge in [-0.2, -0.15) is 0 Å². The minimum absolute atomic E-state index is 0.649. The highest BCUT2D eigenvalue weighted by Crippen LogP contribution is 2.04. The molecule has 3 heteroatoms. The Balaban J connectivity index is 2.07. The first-order valence-electron chi connectivity index (χ1n) is 5.44. The molecule has 13 heavy (non-hydrogen) atoms. The smallest absolute Gasteiger partial charge is 0.00937 e. The third-order valence-electron chi connectivity index (χ3n) is 2.69. The summed E-state index contributed by atoms with van der Waals surface area (Å²) in [5.74, 6) is 0. The summed E-state index contributed by atoms with van der Waals surface area (Å²) in [6.07, 6.45) is 3.79. The quantitative estimate of drug-likeness (QED) is 0.577. The number of rotatable bonds is 5. The molecule has 0 bridgehead atoms. The van der Waals surface area contributed by atoms with E-state index in [1.807, 2.05) is 7.05 Å². The largest absolute Gasteiger partial charge is 0.320 e. The zero-order chi connectivity index (χ0) is 9.52. The third kappa shape index (κ3) is 4.60. The molecule has 0 aromatic heterocycles. The summed E-state index contributed by atoms with van der Waals surface area (Å²) in [5.41, 5.74) is 0. The maximum absolute atomic E-state index is 3.67. The van der Waals surface area contributed by atoms with Crippen LogP contribution >= 0.6 is 0 Å². The Morgan fingerprint density at radius 2 is 2.08 bits per heavy atom. The normalized spacial score (nSPS) is 21.7. The van der Waals surface area contributed by atoms with Crippen LogP contribution in [0.1, 0.15) is 26.2 Å². The van der Waals surface area contributed by atoms with E-state index < -0.39 is 0 Å². The molecule has 0 spiro atoms. The van der Waals surface area contributed by atoms with E-state index in [4.69, 9.17) is 0 Å². The average Bonchev–Trinajstić information content (AvgIpc) is 2.16. The van der Waals surface area contributed by atoms with Crippen molar-refractivity contribution in [2.45, 2.75) is 38.3 Å². The molecule has 1 unspecified atom stereocenters. The van der Waals surface area contributed by atoms with Crippen molar-refractivity contribution >= 4 is 0 Å². The fourth-order valence-electron chi connectivity index (χ4n) is 1.84. The highest BCUT2D eigenvalue weighted by Gasteiger charge is 2.14. The van der Waals surface area contributed by atoms with Crippen LogP contribution in [0.2, 0.25) is 0 Å². The fraction of sp³-hybridized carbons (Fsp3) is 1.00. The summed E-state index contributed by atoms with van der Waals surface area (Å²) in [7, 11) is 2.01. The van der Waals surface area contributed by atoms with Crippen molar-refractivity contribution in [1.29, 1.82) is 0 Å². The first kappa shape index (κ1) is 11.0. The minimum atomic E-state index is 0.649. The molecule has 0 saturated carbocycles. The third-order valence-corrected chi connectivity index (χ3v) is 2.69. The molecule has 1 heterocycles. The van der Waals surface area contributed by atoms with Crippen molar-refractivity contribution in [3.8, 4) is 0 Å². The summed E-state index contributed by atoms with van der Waals surface area (Å²) in [5, 5.41) is 10.2. The Hall–Kier alpha value is -0.120. The number of hydrogen-bond acceptors (Lipinski definition) is 3. The van der Waals surface area contributed by atoms with Crippen LogP contribution in [0.3, 0.4) is 0 Å². The lowest BCUT2D eigenvalue weighted by atomic mass is 10.1. The number of piperidine rings is 1. The zero-order valence-corrected chi connectivity index (χ0v) is 8.90. The molecule has 1 saturated heterocycles. The Bertz CT molecular complexity index is 121. The van der Waals surface area contributed by atoms with E-state index in [0.717, 1.165) is 12.6 Å². The Morgan fingerprint density at radius 1 is 1.38 bits per heavy atom. The molecule has 0 aromatic carbocycles. The first-order chi connectivity index (χ1) is 6.33. The lowest BCUT2D eigenvalue weighted by Gasteiger charge is -2.27. The van der Waals surface area contributed by atoms with Crippen LogP contribution in [0, 0.1) is 0 Å². The summed E-state index contributed by atoms with van der Waals surface area (Å²) >= 11 is 0. The first-order valence-corrected chi connectivity index (χ1v) is 5.44. The lowest BCUT2D eigenvalue weighted by Crippen LogP contribution is -2.44. The maximum atomic E-state index is 3.67. The molecule has 1 atom stereocenters. The topological polar surface area (TPSA) is 36.1 Å². The molecular formula is C10H23N3. The van der Waals surface area contributed by atoms with Crippen LogP contribution < -0.4 is 16.0 Å². The molecule has 0 radical (unpaired) electrons. The SMILES string of the molecule is CNCCC(C)NC1CCNCC1. The van der Waals surface area contributed by atoms with Gasteiger partial charge in [0.2, 0.25) is 0 Å². The second kappa shape index (κ2) is 6.35. The molecule has 0 aromatic rings. The molecule has 1 aliphatic heterocycles. The highest BCUT2D eigenvalue weighted by atomic mass is 15.0. The van der Waals surface area contributed by atoms with E-state index in [9.17, 15) is 0 Å². The van der Waals surface area contributed by atoms with E-state index in [-0.39, 0.29) is 0 Å². The van der Waals surface area contributed by atoms with Gasteiger partial charge in [-0.05, 0) is 52.9 Å². The van der Waals surface area contributed by atoms with Crippen LogP contribution in [0.4, 0.5) is 0 Å². The predicted octanol–water partition coefficient (Wildman–Crippen LogP) is 0.326. The molecule has 3 N–H and O–H groups in total.